The van der Waals surface area contributed by atoms with Crippen molar-refractivity contribution < 1.29 is 4.39 Å². The molecule has 2 aromatic carbocycles. The highest BCUT2D eigenvalue weighted by Gasteiger charge is 2.12. The summed E-state index contributed by atoms with van der Waals surface area (Å²) in [7, 11) is 0. The summed E-state index contributed by atoms with van der Waals surface area (Å²) in [4.78, 5) is 18.1. The van der Waals surface area contributed by atoms with Crippen molar-refractivity contribution in [3.05, 3.63) is 94.7 Å². The Kier molecular flexibility index (Phi) is 6.75. The van der Waals surface area contributed by atoms with Crippen LogP contribution in [0.15, 0.2) is 76.7 Å². The molecular formula is C26H23ClFN5. The van der Waals surface area contributed by atoms with E-state index in [2.05, 4.69) is 20.3 Å². The molecule has 0 saturated carbocycles. The van der Waals surface area contributed by atoms with Gasteiger partial charge in [0.05, 0.1) is 17.3 Å². The number of nitrogens with zero attached hydrogens (tertiary/aromatic N) is 4. The van der Waals surface area contributed by atoms with Crippen LogP contribution in [0, 0.1) is 19.7 Å². The molecule has 0 aliphatic carbocycles. The van der Waals surface area contributed by atoms with Gasteiger partial charge >= 0.3 is 0 Å². The second kappa shape index (κ2) is 9.88. The molecule has 33 heavy (non-hydrogen) atoms. The van der Waals surface area contributed by atoms with Crippen LogP contribution in [0.3, 0.4) is 0 Å². The number of anilines is 1. The fourth-order valence-electron chi connectivity index (χ4n) is 3.52. The SMILES string of the molecule is CC1=NC(Nc2ccc(-c3cc(C)nc(C)n3)cc2)=NC/C=C/C=C1c1ccc(F)cc1Cl. The molecule has 0 fully saturated rings. The Morgan fingerprint density at radius 1 is 0.970 bits per heavy atom. The van der Waals surface area contributed by atoms with E-state index in [0.29, 0.717) is 28.8 Å². The number of hydrogen-bond acceptors (Lipinski definition) is 5. The number of benzene rings is 2. The summed E-state index contributed by atoms with van der Waals surface area (Å²) in [5.74, 6) is 0.844. The van der Waals surface area contributed by atoms with E-state index >= 15 is 0 Å². The zero-order valence-corrected chi connectivity index (χ0v) is 19.4. The highest BCUT2D eigenvalue weighted by Crippen LogP contribution is 2.27. The van der Waals surface area contributed by atoms with Gasteiger partial charge in [-0.05, 0) is 57.2 Å². The molecule has 0 amide bonds. The van der Waals surface area contributed by atoms with E-state index in [4.69, 9.17) is 16.6 Å². The highest BCUT2D eigenvalue weighted by atomic mass is 35.5. The van der Waals surface area contributed by atoms with Crippen LogP contribution in [0.1, 0.15) is 24.0 Å². The van der Waals surface area contributed by atoms with Crippen molar-refractivity contribution in [2.24, 2.45) is 9.98 Å². The van der Waals surface area contributed by atoms with Crippen LogP contribution in [0.4, 0.5) is 10.1 Å². The second-order valence-corrected chi connectivity index (χ2v) is 8.05. The predicted molar refractivity (Wildman–Crippen MR) is 135 cm³/mol. The van der Waals surface area contributed by atoms with E-state index in [1.54, 1.807) is 6.07 Å². The van der Waals surface area contributed by atoms with E-state index < -0.39 is 0 Å². The first-order chi connectivity index (χ1) is 15.9. The number of guanidine groups is 1. The lowest BCUT2D eigenvalue weighted by atomic mass is 10.0. The van der Waals surface area contributed by atoms with Crippen molar-refractivity contribution in [1.29, 1.82) is 0 Å². The van der Waals surface area contributed by atoms with E-state index in [0.717, 1.165) is 34.0 Å². The van der Waals surface area contributed by atoms with E-state index in [1.165, 1.54) is 12.1 Å². The van der Waals surface area contributed by atoms with Gasteiger partial charge in [-0.15, -0.1) is 0 Å². The zero-order valence-electron chi connectivity index (χ0n) is 18.6. The fraction of sp³-hybridized carbons (Fsp3) is 0.154. The topological polar surface area (TPSA) is 62.5 Å². The number of rotatable bonds is 3. The third-order valence-electron chi connectivity index (χ3n) is 5.03. The Bertz CT molecular complexity index is 1290. The fourth-order valence-corrected chi connectivity index (χ4v) is 3.79. The number of aliphatic imine (C=N–C) groups is 2. The summed E-state index contributed by atoms with van der Waals surface area (Å²) in [6, 6.07) is 14.2. The minimum atomic E-state index is -0.378. The van der Waals surface area contributed by atoms with Gasteiger partial charge in [0.1, 0.15) is 11.6 Å². The molecule has 0 radical (unpaired) electrons. The van der Waals surface area contributed by atoms with E-state index in [9.17, 15) is 4.39 Å². The molecular weight excluding hydrogens is 437 g/mol. The van der Waals surface area contributed by atoms with Gasteiger partial charge in [0, 0.05) is 33.8 Å². The molecule has 0 unspecified atom stereocenters. The quantitative estimate of drug-likeness (QED) is 0.490. The van der Waals surface area contributed by atoms with Gasteiger partial charge in [0.2, 0.25) is 5.96 Å². The lowest BCUT2D eigenvalue weighted by Gasteiger charge is -2.11. The van der Waals surface area contributed by atoms with Crippen LogP contribution in [0.2, 0.25) is 5.02 Å². The normalized spacial score (nSPS) is 14.9. The molecule has 1 N–H and O–H groups in total. The molecule has 1 aliphatic rings. The molecule has 4 rings (SSSR count). The lowest BCUT2D eigenvalue weighted by Crippen LogP contribution is -2.13. The van der Waals surface area contributed by atoms with E-state index in [-0.39, 0.29) is 5.82 Å². The second-order valence-electron chi connectivity index (χ2n) is 7.64. The average Bonchev–Trinajstić information content (AvgIpc) is 2.84. The monoisotopic (exact) mass is 459 g/mol. The minimum Gasteiger partial charge on any atom is -0.324 e. The number of hydrogen-bond donors (Lipinski definition) is 1. The van der Waals surface area contributed by atoms with Crippen LogP contribution >= 0.6 is 11.6 Å². The van der Waals surface area contributed by atoms with Crippen molar-refractivity contribution >= 4 is 34.5 Å². The standard InChI is InChI=1S/C26H23ClFN5/c1-16-14-25(32-18(3)30-16)19-7-10-21(11-8-19)33-26-29-13-5-4-6-22(17(2)31-26)23-12-9-20(28)15-24(23)27/h4-12,14-15H,13H2,1-3H3,(H,29,33)/b5-4+,22-6?,31-17?. The minimum absolute atomic E-state index is 0.334. The van der Waals surface area contributed by atoms with Crippen LogP contribution < -0.4 is 5.32 Å². The van der Waals surface area contributed by atoms with Gasteiger partial charge in [-0.1, -0.05) is 42.0 Å². The average molecular weight is 460 g/mol. The predicted octanol–water partition coefficient (Wildman–Crippen LogP) is 6.44. The maximum atomic E-state index is 13.5. The van der Waals surface area contributed by atoms with Gasteiger partial charge in [-0.2, -0.15) is 0 Å². The number of aromatic nitrogens is 2. The highest BCUT2D eigenvalue weighted by molar-refractivity contribution is 6.36. The lowest BCUT2D eigenvalue weighted by molar-refractivity contribution is 0.628. The van der Waals surface area contributed by atoms with Crippen molar-refractivity contribution in [1.82, 2.24) is 9.97 Å². The first-order valence-electron chi connectivity index (χ1n) is 10.5. The Balaban J connectivity index is 1.59. The van der Waals surface area contributed by atoms with Crippen LogP contribution in [-0.2, 0) is 0 Å². The summed E-state index contributed by atoms with van der Waals surface area (Å²) < 4.78 is 13.5. The number of halogens is 2. The van der Waals surface area contributed by atoms with Gasteiger partial charge in [0.25, 0.3) is 0 Å². The van der Waals surface area contributed by atoms with Crippen molar-refractivity contribution in [2.75, 3.05) is 11.9 Å². The van der Waals surface area contributed by atoms with Gasteiger partial charge < -0.3 is 5.32 Å². The van der Waals surface area contributed by atoms with Gasteiger partial charge in [-0.25, -0.2) is 24.3 Å². The molecule has 166 valence electrons. The van der Waals surface area contributed by atoms with Gasteiger partial charge in [-0.3, -0.25) is 0 Å². The molecule has 0 bridgehead atoms. The molecule has 3 aromatic rings. The van der Waals surface area contributed by atoms with Crippen molar-refractivity contribution in [3.63, 3.8) is 0 Å². The van der Waals surface area contributed by atoms with E-state index in [1.807, 2.05) is 69.3 Å². The van der Waals surface area contributed by atoms with Crippen LogP contribution in [-0.4, -0.2) is 28.2 Å². The summed E-state index contributed by atoms with van der Waals surface area (Å²) >= 11 is 6.30. The van der Waals surface area contributed by atoms with Crippen molar-refractivity contribution in [2.45, 2.75) is 20.8 Å². The van der Waals surface area contributed by atoms with Crippen molar-refractivity contribution in [3.8, 4) is 11.3 Å². The summed E-state index contributed by atoms with van der Waals surface area (Å²) in [6.07, 6.45) is 5.74. The molecule has 1 aliphatic heterocycles. The van der Waals surface area contributed by atoms with Gasteiger partial charge in [0.15, 0.2) is 0 Å². The summed E-state index contributed by atoms with van der Waals surface area (Å²) in [6.45, 7) is 6.20. The summed E-state index contributed by atoms with van der Waals surface area (Å²) in [5.41, 5.74) is 5.90. The molecule has 0 atom stereocenters. The molecule has 1 aromatic heterocycles. The third-order valence-corrected chi connectivity index (χ3v) is 5.35. The van der Waals surface area contributed by atoms with Crippen LogP contribution in [0.5, 0.6) is 0 Å². The first-order valence-corrected chi connectivity index (χ1v) is 10.9. The molecule has 2 heterocycles. The number of nitrogens with one attached hydrogen (secondary N) is 1. The Morgan fingerprint density at radius 3 is 2.48 bits per heavy atom. The maximum absolute atomic E-state index is 13.5. The number of allylic oxidation sites excluding steroid dienone is 3. The Hall–Kier alpha value is -3.64. The number of aryl methyl sites for hydroxylation is 2. The summed E-state index contributed by atoms with van der Waals surface area (Å²) in [5, 5.41) is 3.61. The largest absolute Gasteiger partial charge is 0.324 e. The molecule has 5 nitrogen and oxygen atoms in total. The third kappa shape index (κ3) is 5.59. The Labute approximate surface area is 197 Å². The smallest absolute Gasteiger partial charge is 0.223 e. The first kappa shape index (κ1) is 22.6. The molecule has 0 saturated heterocycles. The molecule has 0 spiro atoms. The Morgan fingerprint density at radius 2 is 1.76 bits per heavy atom. The molecule has 7 heteroatoms. The van der Waals surface area contributed by atoms with Crippen LogP contribution in [0.25, 0.3) is 16.8 Å². The maximum Gasteiger partial charge on any atom is 0.223 e. The zero-order chi connectivity index (χ0) is 23.4.